The Labute approximate surface area is 148 Å². The largest absolute Gasteiger partial charge is 0.492 e. The van der Waals surface area contributed by atoms with Crippen molar-refractivity contribution in [2.75, 3.05) is 12.3 Å². The lowest BCUT2D eigenvalue weighted by Crippen LogP contribution is -2.31. The van der Waals surface area contributed by atoms with Crippen molar-refractivity contribution >= 4 is 11.6 Å². The van der Waals surface area contributed by atoms with Gasteiger partial charge in [-0.25, -0.2) is 0 Å². The van der Waals surface area contributed by atoms with E-state index in [2.05, 4.69) is 5.32 Å². The third kappa shape index (κ3) is 3.63. The van der Waals surface area contributed by atoms with Crippen molar-refractivity contribution in [2.24, 2.45) is 5.92 Å². The van der Waals surface area contributed by atoms with Crippen LogP contribution in [0, 0.1) is 5.92 Å². The number of hydrogen-bond donors (Lipinski definition) is 2. The van der Waals surface area contributed by atoms with Crippen LogP contribution in [0.25, 0.3) is 0 Å². The molecule has 0 aliphatic heterocycles. The number of para-hydroxylation sites is 1. The first-order valence-corrected chi connectivity index (χ1v) is 9.11. The van der Waals surface area contributed by atoms with Crippen LogP contribution in [0.5, 0.6) is 5.75 Å². The smallest absolute Gasteiger partial charge is 0.255 e. The van der Waals surface area contributed by atoms with Gasteiger partial charge < -0.3 is 15.8 Å². The van der Waals surface area contributed by atoms with E-state index in [0.717, 1.165) is 24.9 Å². The molecule has 2 aromatic rings. The number of ether oxygens (including phenoxy) is 1. The average molecular weight is 336 g/mol. The van der Waals surface area contributed by atoms with Crippen molar-refractivity contribution in [2.45, 2.75) is 38.1 Å². The summed E-state index contributed by atoms with van der Waals surface area (Å²) in [6.45, 7) is 0.704. The minimum Gasteiger partial charge on any atom is -0.492 e. The van der Waals surface area contributed by atoms with Gasteiger partial charge in [0.2, 0.25) is 0 Å². The molecule has 1 unspecified atom stereocenters. The number of anilines is 1. The van der Waals surface area contributed by atoms with Gasteiger partial charge in [0.15, 0.2) is 0 Å². The Hall–Kier alpha value is -2.49. The SMILES string of the molecule is Nc1ccc2c(c1)CCCC2NC(=O)c1ccccc1OCC1CC1. The molecule has 4 rings (SSSR count). The number of benzene rings is 2. The fraction of sp³-hybridized carbons (Fsp3) is 0.381. The van der Waals surface area contributed by atoms with E-state index in [9.17, 15) is 4.79 Å². The first-order valence-electron chi connectivity index (χ1n) is 9.11. The maximum atomic E-state index is 12.9. The first kappa shape index (κ1) is 16.0. The Bertz CT molecular complexity index is 783. The van der Waals surface area contributed by atoms with Crippen LogP contribution in [-0.2, 0) is 6.42 Å². The van der Waals surface area contributed by atoms with Gasteiger partial charge in [0.1, 0.15) is 5.75 Å². The molecule has 1 saturated carbocycles. The van der Waals surface area contributed by atoms with Crippen molar-refractivity contribution in [3.05, 3.63) is 59.2 Å². The van der Waals surface area contributed by atoms with Gasteiger partial charge in [-0.05, 0) is 73.4 Å². The van der Waals surface area contributed by atoms with Gasteiger partial charge in [-0.3, -0.25) is 4.79 Å². The minimum absolute atomic E-state index is 0.0355. The summed E-state index contributed by atoms with van der Waals surface area (Å²) in [4.78, 5) is 12.9. The normalized spacial score (nSPS) is 19.1. The Kier molecular flexibility index (Phi) is 4.35. The molecule has 2 aliphatic carbocycles. The van der Waals surface area contributed by atoms with E-state index < -0.39 is 0 Å². The van der Waals surface area contributed by atoms with Crippen molar-refractivity contribution in [1.82, 2.24) is 5.32 Å². The van der Waals surface area contributed by atoms with Crippen LogP contribution < -0.4 is 15.8 Å². The van der Waals surface area contributed by atoms with Gasteiger partial charge in [-0.1, -0.05) is 18.2 Å². The standard InChI is InChI=1S/C21H24N2O2/c22-16-10-11-17-15(12-16)4-3-6-19(17)23-21(24)18-5-1-2-7-20(18)25-13-14-8-9-14/h1-2,5,7,10-12,14,19H,3-4,6,8-9,13,22H2,(H,23,24). The summed E-state index contributed by atoms with van der Waals surface area (Å²) in [6.07, 6.45) is 5.50. The number of carbonyl (C=O) groups is 1. The van der Waals surface area contributed by atoms with Gasteiger partial charge in [0.05, 0.1) is 18.2 Å². The van der Waals surface area contributed by atoms with Crippen LogP contribution in [0.2, 0.25) is 0 Å². The van der Waals surface area contributed by atoms with E-state index >= 15 is 0 Å². The molecule has 2 aliphatic rings. The quantitative estimate of drug-likeness (QED) is 0.815. The molecular weight excluding hydrogens is 312 g/mol. The van der Waals surface area contributed by atoms with Gasteiger partial charge >= 0.3 is 0 Å². The van der Waals surface area contributed by atoms with Gasteiger partial charge in [-0.2, -0.15) is 0 Å². The first-order chi connectivity index (χ1) is 12.2. The molecular formula is C21H24N2O2. The highest BCUT2D eigenvalue weighted by Gasteiger charge is 2.25. The van der Waals surface area contributed by atoms with Gasteiger partial charge in [0.25, 0.3) is 5.91 Å². The molecule has 0 heterocycles. The van der Waals surface area contributed by atoms with E-state index in [-0.39, 0.29) is 11.9 Å². The van der Waals surface area contributed by atoms with Crippen LogP contribution in [-0.4, -0.2) is 12.5 Å². The summed E-state index contributed by atoms with van der Waals surface area (Å²) in [6, 6.07) is 13.5. The molecule has 130 valence electrons. The van der Waals surface area contributed by atoms with Crippen molar-refractivity contribution in [3.8, 4) is 5.75 Å². The maximum Gasteiger partial charge on any atom is 0.255 e. The molecule has 25 heavy (non-hydrogen) atoms. The number of fused-ring (bicyclic) bond motifs is 1. The minimum atomic E-state index is -0.0685. The summed E-state index contributed by atoms with van der Waals surface area (Å²) >= 11 is 0. The molecule has 4 heteroatoms. The van der Waals surface area contributed by atoms with Crippen LogP contribution in [0.1, 0.15) is 53.2 Å². The number of rotatable bonds is 5. The van der Waals surface area contributed by atoms with Crippen molar-refractivity contribution in [1.29, 1.82) is 0 Å². The highest BCUT2D eigenvalue weighted by atomic mass is 16.5. The van der Waals surface area contributed by atoms with Crippen LogP contribution in [0.4, 0.5) is 5.69 Å². The molecule has 1 atom stereocenters. The molecule has 0 spiro atoms. The number of nitrogen functional groups attached to an aromatic ring is 1. The number of nitrogens with one attached hydrogen (secondary N) is 1. The molecule has 0 saturated heterocycles. The molecule has 0 radical (unpaired) electrons. The lowest BCUT2D eigenvalue weighted by molar-refractivity contribution is 0.0928. The summed E-state index contributed by atoms with van der Waals surface area (Å²) < 4.78 is 5.88. The summed E-state index contributed by atoms with van der Waals surface area (Å²) in [7, 11) is 0. The number of carbonyl (C=O) groups excluding carboxylic acids is 1. The monoisotopic (exact) mass is 336 g/mol. The second-order valence-electron chi connectivity index (χ2n) is 7.13. The molecule has 0 aromatic heterocycles. The third-order valence-corrected chi connectivity index (χ3v) is 5.09. The fourth-order valence-corrected chi connectivity index (χ4v) is 3.49. The van der Waals surface area contributed by atoms with Crippen LogP contribution >= 0.6 is 0 Å². The zero-order chi connectivity index (χ0) is 17.2. The lowest BCUT2D eigenvalue weighted by Gasteiger charge is -2.27. The van der Waals surface area contributed by atoms with E-state index in [1.807, 2.05) is 42.5 Å². The number of hydrogen-bond acceptors (Lipinski definition) is 3. The van der Waals surface area contributed by atoms with Crippen molar-refractivity contribution < 1.29 is 9.53 Å². The third-order valence-electron chi connectivity index (χ3n) is 5.09. The summed E-state index contributed by atoms with van der Waals surface area (Å²) in [5, 5.41) is 3.19. The predicted molar refractivity (Wildman–Crippen MR) is 98.7 cm³/mol. The van der Waals surface area contributed by atoms with E-state index in [1.165, 1.54) is 24.0 Å². The molecule has 2 aromatic carbocycles. The maximum absolute atomic E-state index is 12.9. The van der Waals surface area contributed by atoms with Crippen LogP contribution in [0.15, 0.2) is 42.5 Å². The number of amides is 1. The predicted octanol–water partition coefficient (Wildman–Crippen LogP) is 3.87. The summed E-state index contributed by atoms with van der Waals surface area (Å²) in [5.74, 6) is 1.27. The Morgan fingerprint density at radius 3 is 2.84 bits per heavy atom. The highest BCUT2D eigenvalue weighted by Crippen LogP contribution is 2.33. The second-order valence-corrected chi connectivity index (χ2v) is 7.13. The van der Waals surface area contributed by atoms with Crippen LogP contribution in [0.3, 0.4) is 0 Å². The molecule has 1 fully saturated rings. The van der Waals surface area contributed by atoms with Gasteiger partial charge in [-0.15, -0.1) is 0 Å². The zero-order valence-corrected chi connectivity index (χ0v) is 14.3. The fourth-order valence-electron chi connectivity index (χ4n) is 3.49. The lowest BCUT2D eigenvalue weighted by atomic mass is 9.87. The van der Waals surface area contributed by atoms with Crippen molar-refractivity contribution in [3.63, 3.8) is 0 Å². The highest BCUT2D eigenvalue weighted by molar-refractivity contribution is 5.97. The second kappa shape index (κ2) is 6.79. The Balaban J connectivity index is 1.51. The van der Waals surface area contributed by atoms with E-state index in [4.69, 9.17) is 10.5 Å². The number of aryl methyl sites for hydroxylation is 1. The molecule has 3 N–H and O–H groups in total. The molecule has 1 amide bonds. The van der Waals surface area contributed by atoms with E-state index in [1.54, 1.807) is 0 Å². The topological polar surface area (TPSA) is 64.3 Å². The summed E-state index contributed by atoms with van der Waals surface area (Å²) in [5.41, 5.74) is 9.73. The van der Waals surface area contributed by atoms with E-state index in [0.29, 0.717) is 23.8 Å². The number of nitrogens with two attached hydrogens (primary N) is 1. The van der Waals surface area contributed by atoms with Gasteiger partial charge in [0, 0.05) is 5.69 Å². The zero-order valence-electron chi connectivity index (χ0n) is 14.3. The molecule has 0 bridgehead atoms. The average Bonchev–Trinajstić information content (AvgIpc) is 3.44. The Morgan fingerprint density at radius 2 is 2.00 bits per heavy atom. The Morgan fingerprint density at radius 1 is 1.16 bits per heavy atom. The molecule has 4 nitrogen and oxygen atoms in total.